The molecule has 0 aromatic carbocycles. The van der Waals surface area contributed by atoms with E-state index in [1.165, 1.54) is 0 Å². The summed E-state index contributed by atoms with van der Waals surface area (Å²) in [4.78, 5) is 15.8. The lowest BCUT2D eigenvalue weighted by molar-refractivity contribution is -0.110. The van der Waals surface area contributed by atoms with Crippen molar-refractivity contribution >= 4 is 11.7 Å². The van der Waals surface area contributed by atoms with Crippen molar-refractivity contribution in [2.45, 2.75) is 39.3 Å². The van der Waals surface area contributed by atoms with Crippen LogP contribution < -0.4 is 10.6 Å². The van der Waals surface area contributed by atoms with Crippen LogP contribution in [0.5, 0.6) is 0 Å². The second kappa shape index (κ2) is 5.57. The van der Waals surface area contributed by atoms with Crippen molar-refractivity contribution in [2.24, 2.45) is 5.41 Å². The highest BCUT2D eigenvalue weighted by Gasteiger charge is 2.49. The summed E-state index contributed by atoms with van der Waals surface area (Å²) in [7, 11) is 0. The van der Waals surface area contributed by atoms with Crippen LogP contribution in [0.15, 0.2) is 24.5 Å². The molecule has 1 aliphatic rings. The Hall–Kier alpha value is -1.62. The first-order valence-electron chi connectivity index (χ1n) is 6.63. The minimum absolute atomic E-state index is 0.0255. The summed E-state index contributed by atoms with van der Waals surface area (Å²) in [6.45, 7) is 6.94. The summed E-state index contributed by atoms with van der Waals surface area (Å²) in [5.41, 5.74) is 0.668. The first kappa shape index (κ1) is 13.8. The summed E-state index contributed by atoms with van der Waals surface area (Å²) in [6, 6.07) is 3.54. The van der Waals surface area contributed by atoms with Gasteiger partial charge in [0.25, 0.3) is 0 Å². The van der Waals surface area contributed by atoms with Gasteiger partial charge in [-0.25, -0.2) is 4.79 Å². The van der Waals surface area contributed by atoms with Crippen molar-refractivity contribution in [1.82, 2.24) is 10.3 Å². The third-order valence-electron chi connectivity index (χ3n) is 3.77. The maximum absolute atomic E-state index is 11.9. The minimum Gasteiger partial charge on any atom is -0.378 e. The van der Waals surface area contributed by atoms with Gasteiger partial charge in [0.2, 0.25) is 0 Å². The van der Waals surface area contributed by atoms with Gasteiger partial charge >= 0.3 is 6.03 Å². The molecule has 5 heteroatoms. The molecule has 0 aliphatic heterocycles. The van der Waals surface area contributed by atoms with Crippen molar-refractivity contribution in [1.29, 1.82) is 0 Å². The van der Waals surface area contributed by atoms with E-state index in [2.05, 4.69) is 29.5 Å². The van der Waals surface area contributed by atoms with Crippen LogP contribution in [0, 0.1) is 5.41 Å². The Balaban J connectivity index is 1.84. The third-order valence-corrected chi connectivity index (χ3v) is 3.77. The Morgan fingerprint density at radius 3 is 2.95 bits per heavy atom. The third kappa shape index (κ3) is 3.04. The van der Waals surface area contributed by atoms with Gasteiger partial charge in [0.15, 0.2) is 0 Å². The van der Waals surface area contributed by atoms with E-state index in [4.69, 9.17) is 4.74 Å². The molecule has 1 saturated carbocycles. The van der Waals surface area contributed by atoms with Gasteiger partial charge in [0.05, 0.1) is 18.0 Å². The number of aromatic nitrogens is 1. The van der Waals surface area contributed by atoms with Crippen LogP contribution in [0.4, 0.5) is 10.5 Å². The van der Waals surface area contributed by atoms with E-state index in [1.807, 2.05) is 13.0 Å². The van der Waals surface area contributed by atoms with Gasteiger partial charge in [-0.2, -0.15) is 0 Å². The Kier molecular flexibility index (Phi) is 4.04. The maximum Gasteiger partial charge on any atom is 0.319 e. The normalized spacial score (nSPS) is 24.4. The second-order valence-corrected chi connectivity index (χ2v) is 5.39. The second-order valence-electron chi connectivity index (χ2n) is 5.39. The van der Waals surface area contributed by atoms with E-state index < -0.39 is 0 Å². The molecule has 0 bridgehead atoms. The largest absolute Gasteiger partial charge is 0.378 e. The van der Waals surface area contributed by atoms with Crippen LogP contribution >= 0.6 is 0 Å². The van der Waals surface area contributed by atoms with Gasteiger partial charge in [-0.1, -0.05) is 13.8 Å². The number of anilines is 1. The molecule has 5 nitrogen and oxygen atoms in total. The van der Waals surface area contributed by atoms with Gasteiger partial charge in [-0.15, -0.1) is 0 Å². The summed E-state index contributed by atoms with van der Waals surface area (Å²) in [6.07, 6.45) is 4.38. The zero-order valence-corrected chi connectivity index (χ0v) is 11.6. The number of pyridine rings is 1. The summed E-state index contributed by atoms with van der Waals surface area (Å²) in [5.74, 6) is 0. The molecule has 1 aromatic rings. The number of nitrogens with zero attached hydrogens (tertiary/aromatic N) is 1. The summed E-state index contributed by atoms with van der Waals surface area (Å²) < 4.78 is 5.64. The lowest BCUT2D eigenvalue weighted by atomic mass is 9.64. The number of nitrogens with one attached hydrogen (secondary N) is 2. The highest BCUT2D eigenvalue weighted by Crippen LogP contribution is 2.42. The van der Waals surface area contributed by atoms with E-state index >= 15 is 0 Å². The zero-order valence-electron chi connectivity index (χ0n) is 11.6. The molecule has 2 amide bonds. The quantitative estimate of drug-likeness (QED) is 0.876. The molecule has 1 aliphatic carbocycles. The lowest BCUT2D eigenvalue weighted by Gasteiger charge is -2.51. The van der Waals surface area contributed by atoms with Crippen LogP contribution in [0.1, 0.15) is 27.2 Å². The van der Waals surface area contributed by atoms with Gasteiger partial charge in [-0.05, 0) is 25.5 Å². The molecule has 2 atom stereocenters. The highest BCUT2D eigenvalue weighted by molar-refractivity contribution is 5.89. The predicted molar refractivity (Wildman–Crippen MR) is 74.0 cm³/mol. The van der Waals surface area contributed by atoms with Crippen LogP contribution in [0.3, 0.4) is 0 Å². The summed E-state index contributed by atoms with van der Waals surface area (Å²) >= 11 is 0. The predicted octanol–water partition coefficient (Wildman–Crippen LogP) is 2.41. The van der Waals surface area contributed by atoms with E-state index in [0.717, 1.165) is 6.42 Å². The number of hydrogen-bond donors (Lipinski definition) is 2. The highest BCUT2D eigenvalue weighted by atomic mass is 16.5. The molecule has 1 aromatic heterocycles. The number of carbonyl (C=O) groups excluding carboxylic acids is 1. The molecular formula is C14H21N3O2. The van der Waals surface area contributed by atoms with Crippen LogP contribution in [-0.2, 0) is 4.74 Å². The molecule has 2 N–H and O–H groups in total. The average molecular weight is 263 g/mol. The Bertz CT molecular complexity index is 434. The molecule has 0 spiro atoms. The number of hydrogen-bond acceptors (Lipinski definition) is 3. The number of carbonyl (C=O) groups is 1. The molecule has 1 heterocycles. The molecule has 19 heavy (non-hydrogen) atoms. The molecule has 2 rings (SSSR count). The number of rotatable bonds is 4. The summed E-state index contributed by atoms with van der Waals surface area (Å²) in [5, 5.41) is 5.76. The van der Waals surface area contributed by atoms with Gasteiger partial charge in [0, 0.05) is 24.3 Å². The first-order valence-corrected chi connectivity index (χ1v) is 6.63. The zero-order chi connectivity index (χ0) is 13.9. The molecule has 0 radical (unpaired) electrons. The Labute approximate surface area is 113 Å². The topological polar surface area (TPSA) is 63.2 Å². The van der Waals surface area contributed by atoms with Crippen LogP contribution in [-0.4, -0.2) is 29.8 Å². The monoisotopic (exact) mass is 263 g/mol. The number of urea groups is 1. The minimum atomic E-state index is -0.193. The first-order chi connectivity index (χ1) is 9.04. The fourth-order valence-corrected chi connectivity index (χ4v) is 2.38. The van der Waals surface area contributed by atoms with Crippen molar-refractivity contribution in [2.75, 3.05) is 11.9 Å². The van der Waals surface area contributed by atoms with Gasteiger partial charge < -0.3 is 15.4 Å². The molecular weight excluding hydrogens is 242 g/mol. The number of amides is 2. The molecule has 2 unspecified atom stereocenters. The van der Waals surface area contributed by atoms with Gasteiger partial charge in [0.1, 0.15) is 0 Å². The van der Waals surface area contributed by atoms with E-state index in [0.29, 0.717) is 12.3 Å². The lowest BCUT2D eigenvalue weighted by Crippen LogP contribution is -2.62. The fourth-order valence-electron chi connectivity index (χ4n) is 2.38. The van der Waals surface area contributed by atoms with Crippen molar-refractivity contribution in [3.63, 3.8) is 0 Å². The molecule has 1 fully saturated rings. The van der Waals surface area contributed by atoms with Crippen molar-refractivity contribution in [3.8, 4) is 0 Å². The van der Waals surface area contributed by atoms with E-state index in [9.17, 15) is 4.79 Å². The standard InChI is InChI=1S/C14H21N3O2/c1-4-19-12-8-11(14(12,2)3)17-13(18)16-10-6-5-7-15-9-10/h5-7,9,11-12H,4,8H2,1-3H3,(H2,16,17,18). The fraction of sp³-hybridized carbons (Fsp3) is 0.571. The SMILES string of the molecule is CCOC1CC(NC(=O)Nc2cccnc2)C1(C)C. The Morgan fingerprint density at radius 2 is 2.37 bits per heavy atom. The van der Waals surface area contributed by atoms with Crippen molar-refractivity contribution < 1.29 is 9.53 Å². The average Bonchev–Trinajstić information content (AvgIpc) is 2.39. The van der Waals surface area contributed by atoms with Crippen LogP contribution in [0.2, 0.25) is 0 Å². The molecule has 0 saturated heterocycles. The number of ether oxygens (including phenoxy) is 1. The van der Waals surface area contributed by atoms with E-state index in [-0.39, 0.29) is 23.6 Å². The van der Waals surface area contributed by atoms with E-state index in [1.54, 1.807) is 18.5 Å². The molecule has 104 valence electrons. The van der Waals surface area contributed by atoms with Crippen molar-refractivity contribution in [3.05, 3.63) is 24.5 Å². The smallest absolute Gasteiger partial charge is 0.319 e. The van der Waals surface area contributed by atoms with Gasteiger partial charge in [-0.3, -0.25) is 4.98 Å². The Morgan fingerprint density at radius 1 is 1.58 bits per heavy atom. The van der Waals surface area contributed by atoms with Crippen LogP contribution in [0.25, 0.3) is 0 Å². The maximum atomic E-state index is 11.9.